The molecule has 2 aromatic carbocycles. The summed E-state index contributed by atoms with van der Waals surface area (Å²) in [7, 11) is -3.92. The van der Waals surface area contributed by atoms with Crippen molar-refractivity contribution in [2.75, 3.05) is 0 Å². The fourth-order valence-corrected chi connectivity index (χ4v) is 2.42. The molecule has 0 radical (unpaired) electrons. The van der Waals surface area contributed by atoms with Crippen LogP contribution >= 0.6 is 0 Å². The molecule has 9 heteroatoms. The molecule has 1 amide bonds. The summed E-state index contributed by atoms with van der Waals surface area (Å²) >= 11 is 0. The summed E-state index contributed by atoms with van der Waals surface area (Å²) < 4.78 is 62.5. The van der Waals surface area contributed by atoms with Gasteiger partial charge in [-0.1, -0.05) is 12.1 Å². The number of hydrogen-bond acceptors (Lipinski definition) is 3. The molecule has 0 aliphatic heterocycles. The van der Waals surface area contributed by atoms with Crippen LogP contribution in [0.25, 0.3) is 0 Å². The van der Waals surface area contributed by atoms with E-state index in [-0.39, 0.29) is 11.4 Å². The van der Waals surface area contributed by atoms with E-state index >= 15 is 0 Å². The molecule has 2 aromatic rings. The molecular formula is C14H11F3N2O3S. The summed E-state index contributed by atoms with van der Waals surface area (Å²) in [5, 5.41) is 7.15. The molecule has 23 heavy (non-hydrogen) atoms. The molecule has 0 aliphatic rings. The van der Waals surface area contributed by atoms with E-state index in [2.05, 4.69) is 5.32 Å². The SMILES string of the molecule is NS(=O)(=O)c1cccc(CNC(=O)c2c(F)ccc(F)c2F)c1. The lowest BCUT2D eigenvalue weighted by molar-refractivity contribution is 0.0941. The first-order chi connectivity index (χ1) is 10.7. The molecule has 0 aliphatic carbocycles. The lowest BCUT2D eigenvalue weighted by Crippen LogP contribution is -2.25. The Morgan fingerprint density at radius 3 is 2.39 bits per heavy atom. The Bertz CT molecular complexity index is 870. The van der Waals surface area contributed by atoms with Gasteiger partial charge in [0.1, 0.15) is 11.4 Å². The normalized spacial score (nSPS) is 11.3. The number of halogens is 3. The van der Waals surface area contributed by atoms with Crippen LogP contribution in [0.5, 0.6) is 0 Å². The van der Waals surface area contributed by atoms with E-state index in [9.17, 15) is 26.4 Å². The average molecular weight is 344 g/mol. The van der Waals surface area contributed by atoms with Crippen LogP contribution in [0.1, 0.15) is 15.9 Å². The Balaban J connectivity index is 2.19. The lowest BCUT2D eigenvalue weighted by atomic mass is 10.1. The largest absolute Gasteiger partial charge is 0.348 e. The minimum absolute atomic E-state index is 0.174. The Kier molecular flexibility index (Phi) is 4.71. The predicted octanol–water partition coefficient (Wildman–Crippen LogP) is 1.68. The number of hydrogen-bond donors (Lipinski definition) is 2. The smallest absolute Gasteiger partial charge is 0.257 e. The van der Waals surface area contributed by atoms with Gasteiger partial charge in [-0.3, -0.25) is 4.79 Å². The molecule has 0 fully saturated rings. The van der Waals surface area contributed by atoms with Gasteiger partial charge in [0, 0.05) is 6.54 Å². The first-order valence-electron chi connectivity index (χ1n) is 6.23. The summed E-state index contributed by atoms with van der Waals surface area (Å²) in [6, 6.07) is 6.53. The summed E-state index contributed by atoms with van der Waals surface area (Å²) in [4.78, 5) is 11.6. The Labute approximate surface area is 130 Å². The highest BCUT2D eigenvalue weighted by Crippen LogP contribution is 2.16. The zero-order chi connectivity index (χ0) is 17.2. The van der Waals surface area contributed by atoms with Crippen molar-refractivity contribution < 1.29 is 26.4 Å². The van der Waals surface area contributed by atoms with Crippen molar-refractivity contribution in [3.05, 3.63) is 65.0 Å². The average Bonchev–Trinajstić information content (AvgIpc) is 2.49. The van der Waals surface area contributed by atoms with Crippen molar-refractivity contribution in [1.29, 1.82) is 0 Å². The summed E-state index contributed by atoms with van der Waals surface area (Å²) in [6.45, 7) is -0.225. The van der Waals surface area contributed by atoms with E-state index in [4.69, 9.17) is 5.14 Å². The Morgan fingerprint density at radius 1 is 1.09 bits per heavy atom. The zero-order valence-corrected chi connectivity index (χ0v) is 12.3. The first kappa shape index (κ1) is 17.0. The fraction of sp³-hybridized carbons (Fsp3) is 0.0714. The van der Waals surface area contributed by atoms with Crippen molar-refractivity contribution >= 4 is 15.9 Å². The van der Waals surface area contributed by atoms with Crippen LogP contribution in [0.2, 0.25) is 0 Å². The maximum Gasteiger partial charge on any atom is 0.257 e. The number of nitrogens with one attached hydrogen (secondary N) is 1. The van der Waals surface area contributed by atoms with Crippen LogP contribution in [0, 0.1) is 17.5 Å². The number of nitrogens with two attached hydrogens (primary N) is 1. The number of carbonyl (C=O) groups excluding carboxylic acids is 1. The van der Waals surface area contributed by atoms with E-state index in [1.807, 2.05) is 0 Å². The van der Waals surface area contributed by atoms with Crippen LogP contribution in [-0.4, -0.2) is 14.3 Å². The highest BCUT2D eigenvalue weighted by Gasteiger charge is 2.20. The maximum absolute atomic E-state index is 13.5. The molecule has 5 nitrogen and oxygen atoms in total. The first-order valence-corrected chi connectivity index (χ1v) is 7.78. The van der Waals surface area contributed by atoms with Gasteiger partial charge in [0.25, 0.3) is 5.91 Å². The predicted molar refractivity (Wildman–Crippen MR) is 75.3 cm³/mol. The van der Waals surface area contributed by atoms with Crippen molar-refractivity contribution in [1.82, 2.24) is 5.32 Å². The topological polar surface area (TPSA) is 89.3 Å². The van der Waals surface area contributed by atoms with Crippen molar-refractivity contribution in [2.24, 2.45) is 5.14 Å². The van der Waals surface area contributed by atoms with Gasteiger partial charge < -0.3 is 5.32 Å². The number of amides is 1. The highest BCUT2D eigenvalue weighted by molar-refractivity contribution is 7.89. The third-order valence-electron chi connectivity index (χ3n) is 2.95. The molecule has 0 heterocycles. The van der Waals surface area contributed by atoms with Gasteiger partial charge in [-0.25, -0.2) is 26.7 Å². The standard InChI is InChI=1S/C14H11F3N2O3S/c15-10-4-5-11(16)13(17)12(10)14(20)19-7-8-2-1-3-9(6-8)23(18,21)22/h1-6H,7H2,(H,19,20)(H2,18,21,22). The number of rotatable bonds is 4. The van der Waals surface area contributed by atoms with Crippen LogP contribution in [0.4, 0.5) is 13.2 Å². The van der Waals surface area contributed by atoms with Crippen molar-refractivity contribution in [3.63, 3.8) is 0 Å². The third-order valence-corrected chi connectivity index (χ3v) is 3.86. The molecular weight excluding hydrogens is 333 g/mol. The number of benzene rings is 2. The quantitative estimate of drug-likeness (QED) is 0.827. The molecule has 122 valence electrons. The Morgan fingerprint density at radius 2 is 1.74 bits per heavy atom. The van der Waals surface area contributed by atoms with E-state index in [1.165, 1.54) is 24.3 Å². The van der Waals surface area contributed by atoms with Gasteiger partial charge in [-0.05, 0) is 29.8 Å². The second kappa shape index (κ2) is 6.39. The summed E-state index contributed by atoms with van der Waals surface area (Å²) in [6.07, 6.45) is 0. The summed E-state index contributed by atoms with van der Waals surface area (Å²) in [5.74, 6) is -5.33. The number of primary sulfonamides is 1. The highest BCUT2D eigenvalue weighted by atomic mass is 32.2. The molecule has 0 saturated carbocycles. The molecule has 0 unspecified atom stereocenters. The van der Waals surface area contributed by atoms with Gasteiger partial charge in [0.2, 0.25) is 10.0 Å². The van der Waals surface area contributed by atoms with Crippen LogP contribution in [0.3, 0.4) is 0 Å². The van der Waals surface area contributed by atoms with Crippen molar-refractivity contribution in [3.8, 4) is 0 Å². The van der Waals surface area contributed by atoms with Gasteiger partial charge in [-0.2, -0.15) is 0 Å². The third kappa shape index (κ3) is 3.88. The van der Waals surface area contributed by atoms with Crippen LogP contribution in [-0.2, 0) is 16.6 Å². The maximum atomic E-state index is 13.5. The lowest BCUT2D eigenvalue weighted by Gasteiger charge is -2.08. The van der Waals surface area contributed by atoms with Gasteiger partial charge in [-0.15, -0.1) is 0 Å². The molecule has 0 atom stereocenters. The monoisotopic (exact) mass is 344 g/mol. The van der Waals surface area contributed by atoms with Crippen LogP contribution in [0.15, 0.2) is 41.3 Å². The van der Waals surface area contributed by atoms with Gasteiger partial charge in [0.15, 0.2) is 11.6 Å². The van der Waals surface area contributed by atoms with E-state index < -0.39 is 38.9 Å². The van der Waals surface area contributed by atoms with E-state index in [0.717, 1.165) is 0 Å². The van der Waals surface area contributed by atoms with E-state index in [0.29, 0.717) is 17.7 Å². The van der Waals surface area contributed by atoms with Gasteiger partial charge >= 0.3 is 0 Å². The zero-order valence-electron chi connectivity index (χ0n) is 11.5. The molecule has 0 aromatic heterocycles. The summed E-state index contributed by atoms with van der Waals surface area (Å²) in [5.41, 5.74) is -0.713. The second-order valence-electron chi connectivity index (χ2n) is 4.59. The second-order valence-corrected chi connectivity index (χ2v) is 6.15. The molecule has 0 saturated heterocycles. The number of sulfonamides is 1. The minimum atomic E-state index is -3.92. The molecule has 3 N–H and O–H groups in total. The number of carbonyl (C=O) groups is 1. The van der Waals surface area contributed by atoms with Crippen LogP contribution < -0.4 is 10.5 Å². The van der Waals surface area contributed by atoms with E-state index in [1.54, 1.807) is 0 Å². The molecule has 0 bridgehead atoms. The minimum Gasteiger partial charge on any atom is -0.348 e. The molecule has 0 spiro atoms. The van der Waals surface area contributed by atoms with Gasteiger partial charge in [0.05, 0.1) is 4.90 Å². The van der Waals surface area contributed by atoms with Crippen molar-refractivity contribution in [2.45, 2.75) is 11.4 Å². The Hall–Kier alpha value is -2.39. The fourth-order valence-electron chi connectivity index (χ4n) is 1.84. The molecule has 2 rings (SSSR count).